The van der Waals surface area contributed by atoms with Gasteiger partial charge in [-0.3, -0.25) is 4.90 Å². The molecule has 1 saturated carbocycles. The molecule has 9 rings (SSSR count). The third-order valence-electron chi connectivity index (χ3n) is 14.1. The van der Waals surface area contributed by atoms with E-state index in [4.69, 9.17) is 33.7 Å². The molecule has 2 N–H and O–H groups in total. The summed E-state index contributed by atoms with van der Waals surface area (Å²) in [4.78, 5) is 23.0. The van der Waals surface area contributed by atoms with Crippen LogP contribution in [-0.4, -0.2) is 78.1 Å². The van der Waals surface area contributed by atoms with Gasteiger partial charge in [0.2, 0.25) is 12.1 Å². The highest BCUT2D eigenvalue weighted by Crippen LogP contribution is 2.62. The van der Waals surface area contributed by atoms with E-state index in [1.54, 1.807) is 11.0 Å². The van der Waals surface area contributed by atoms with Crippen molar-refractivity contribution in [3.63, 3.8) is 0 Å². The molecule has 5 aromatic carbocycles. The fourth-order valence-electron chi connectivity index (χ4n) is 11.1. The molecule has 1 amide bonds. The molecule has 0 bridgehead atoms. The Morgan fingerprint density at radius 2 is 1.64 bits per heavy atom. The largest absolute Gasteiger partial charge is 0.459 e. The van der Waals surface area contributed by atoms with E-state index in [-0.39, 0.29) is 57.1 Å². The summed E-state index contributed by atoms with van der Waals surface area (Å²) in [7, 11) is 0. The normalized spacial score (nSPS) is 24.8. The zero-order chi connectivity index (χ0) is 46.2. The molecule has 2 aliphatic heterocycles. The number of carbonyl (C=O) groups excluding carboxylic acids is 1. The smallest absolute Gasteiger partial charge is 0.410 e. The lowest BCUT2D eigenvalue weighted by atomic mass is 9.55. The fourth-order valence-corrected chi connectivity index (χ4v) is 11.1. The molecule has 11 nitrogen and oxygen atoms in total. The topological polar surface area (TPSA) is 129 Å². The van der Waals surface area contributed by atoms with E-state index in [2.05, 4.69) is 67.3 Å². The van der Waals surface area contributed by atoms with Gasteiger partial charge in [0.1, 0.15) is 23.3 Å². The van der Waals surface area contributed by atoms with Crippen molar-refractivity contribution in [2.75, 3.05) is 33.0 Å². The van der Waals surface area contributed by atoms with Gasteiger partial charge in [-0.15, -0.1) is 6.58 Å². The van der Waals surface area contributed by atoms with Crippen LogP contribution < -0.4 is 9.47 Å². The van der Waals surface area contributed by atoms with Crippen LogP contribution >= 0.6 is 0 Å². The van der Waals surface area contributed by atoms with E-state index in [0.29, 0.717) is 36.7 Å². The van der Waals surface area contributed by atoms with E-state index in [0.717, 1.165) is 88.9 Å². The van der Waals surface area contributed by atoms with Gasteiger partial charge in [0.05, 0.1) is 38.0 Å². The Balaban J connectivity index is 1.25. The molecule has 352 valence electrons. The minimum absolute atomic E-state index is 0.0426. The molecular weight excluding hydrogens is 845 g/mol. The number of carbonyl (C=O) groups is 1. The van der Waals surface area contributed by atoms with Crippen LogP contribution in [0.3, 0.4) is 0 Å². The van der Waals surface area contributed by atoms with Crippen molar-refractivity contribution in [1.29, 1.82) is 0 Å². The van der Waals surface area contributed by atoms with Gasteiger partial charge in [-0.25, -0.2) is 4.79 Å². The van der Waals surface area contributed by atoms with Gasteiger partial charge in [0.25, 0.3) is 0 Å². The third-order valence-corrected chi connectivity index (χ3v) is 14.1. The molecule has 2 aliphatic carbocycles. The van der Waals surface area contributed by atoms with E-state index < -0.39 is 30.1 Å². The van der Waals surface area contributed by atoms with Gasteiger partial charge < -0.3 is 38.7 Å². The average molecular weight is 909 g/mol. The number of allylic oxidation sites excluding steroid dienone is 1. The summed E-state index contributed by atoms with van der Waals surface area (Å²) in [5.41, 5.74) is 3.58. The Hall–Kier alpha value is -5.72. The molecule has 2 heterocycles. The summed E-state index contributed by atoms with van der Waals surface area (Å²) in [6, 6.07) is 34.0. The molecule has 5 aromatic rings. The maximum absolute atomic E-state index is 14.8. The molecule has 2 fully saturated rings. The van der Waals surface area contributed by atoms with E-state index >= 15 is 0 Å². The molecule has 1 saturated heterocycles. The number of fused-ring (bicyclic) bond motifs is 4. The van der Waals surface area contributed by atoms with Gasteiger partial charge in [-0.05, 0) is 120 Å². The van der Waals surface area contributed by atoms with Crippen molar-refractivity contribution in [3.05, 3.63) is 139 Å². The lowest BCUT2D eigenvalue weighted by molar-refractivity contribution is -0.256. The van der Waals surface area contributed by atoms with Gasteiger partial charge in [0.15, 0.2) is 0 Å². The Morgan fingerprint density at radius 1 is 0.881 bits per heavy atom. The van der Waals surface area contributed by atoms with Crippen LogP contribution in [0.2, 0.25) is 0 Å². The average Bonchev–Trinajstić information content (AvgIpc) is 3.36. The predicted octanol–water partition coefficient (Wildman–Crippen LogP) is 11.6. The van der Waals surface area contributed by atoms with Crippen molar-refractivity contribution in [2.45, 2.75) is 102 Å². The summed E-state index contributed by atoms with van der Waals surface area (Å²) >= 11 is 0. The molecule has 7 unspecified atom stereocenters. The maximum Gasteiger partial charge on any atom is 0.410 e. The molecule has 7 atom stereocenters. The first-order valence-corrected chi connectivity index (χ1v) is 24.4. The van der Waals surface area contributed by atoms with Crippen molar-refractivity contribution in [1.82, 2.24) is 4.90 Å². The summed E-state index contributed by atoms with van der Waals surface area (Å²) in [6.07, 6.45) is 10.6. The standard InChI is InChI=1S/C56H64N2O9/c1-3-31-64-56-51(58(55(61)62-4-2)37-42-21-15-20-39-17-7-8-22-45(39)42)36-49(57-67-52-24-11-14-32-63-52)47-34-41(19-9-12-29-59)46(23-10-13-30-60)53(54(47)56)48-35-44(27-28-50(48)66-56)65-43-26-25-38-16-5-6-18-40(38)33-43/h3,5-8,15-18,20-22,25-28,33-35,41,46,51-54,59-60H,1,4,9-14,19,23-24,29-32,36-37H2,2H3. The van der Waals surface area contributed by atoms with Crippen molar-refractivity contribution < 1.29 is 43.5 Å². The zero-order valence-corrected chi connectivity index (χ0v) is 38.6. The van der Waals surface area contributed by atoms with Crippen LogP contribution in [-0.2, 0) is 25.6 Å². The third kappa shape index (κ3) is 9.84. The van der Waals surface area contributed by atoms with E-state index in [9.17, 15) is 15.0 Å². The molecular formula is C56H64N2O9. The Morgan fingerprint density at radius 3 is 2.43 bits per heavy atom. The zero-order valence-electron chi connectivity index (χ0n) is 38.6. The first-order valence-electron chi connectivity index (χ1n) is 24.4. The van der Waals surface area contributed by atoms with Gasteiger partial charge in [-0.2, -0.15) is 0 Å². The number of hydrogen-bond donors (Lipinski definition) is 2. The minimum Gasteiger partial charge on any atom is -0.459 e. The summed E-state index contributed by atoms with van der Waals surface area (Å²) < 4.78 is 33.5. The Bertz CT molecular complexity index is 2560. The van der Waals surface area contributed by atoms with Crippen LogP contribution in [0.5, 0.6) is 17.2 Å². The monoisotopic (exact) mass is 908 g/mol. The number of rotatable bonds is 19. The SMILES string of the molecule is C=CCOC12Oc3ccc(Oc4ccc5ccccc5c4)cc3C3C(CCCCO)C(CCCCO)C=C(C(=NOC4CCCCO4)CC1N(Cc1cccc4ccccc14)C(=O)OCC)C32. The number of ether oxygens (including phenoxy) is 5. The van der Waals surface area contributed by atoms with E-state index in [1.165, 1.54) is 0 Å². The lowest BCUT2D eigenvalue weighted by Crippen LogP contribution is -2.70. The molecule has 67 heavy (non-hydrogen) atoms. The number of oxime groups is 1. The molecule has 0 aromatic heterocycles. The first kappa shape index (κ1) is 46.4. The quantitative estimate of drug-likeness (QED) is 0.0473. The van der Waals surface area contributed by atoms with Crippen molar-refractivity contribution in [3.8, 4) is 17.2 Å². The number of benzene rings is 5. The Labute approximate surface area is 393 Å². The summed E-state index contributed by atoms with van der Waals surface area (Å²) in [5.74, 6) is -0.0415. The minimum atomic E-state index is -1.46. The van der Waals surface area contributed by atoms with Crippen LogP contribution in [0.25, 0.3) is 21.5 Å². The van der Waals surface area contributed by atoms with Crippen LogP contribution in [0, 0.1) is 17.8 Å². The second kappa shape index (κ2) is 21.5. The second-order valence-corrected chi connectivity index (χ2v) is 18.3. The highest BCUT2D eigenvalue weighted by Gasteiger charge is 2.66. The highest BCUT2D eigenvalue weighted by atomic mass is 16.8. The summed E-state index contributed by atoms with van der Waals surface area (Å²) in [5, 5.41) is 29.4. The molecule has 0 spiro atoms. The number of unbranched alkanes of at least 4 members (excludes halogenated alkanes) is 2. The van der Waals surface area contributed by atoms with Gasteiger partial charge >= 0.3 is 6.09 Å². The number of hydrogen-bond acceptors (Lipinski definition) is 10. The maximum atomic E-state index is 14.8. The number of amides is 1. The predicted molar refractivity (Wildman–Crippen MR) is 260 cm³/mol. The van der Waals surface area contributed by atoms with Gasteiger partial charge in [-0.1, -0.05) is 103 Å². The van der Waals surface area contributed by atoms with Crippen LogP contribution in [0.4, 0.5) is 4.79 Å². The van der Waals surface area contributed by atoms with Crippen molar-refractivity contribution >= 4 is 33.3 Å². The van der Waals surface area contributed by atoms with E-state index in [1.807, 2.05) is 55.5 Å². The van der Waals surface area contributed by atoms with Gasteiger partial charge in [0, 0.05) is 37.5 Å². The van der Waals surface area contributed by atoms with Crippen LogP contribution in [0.1, 0.15) is 88.2 Å². The second-order valence-electron chi connectivity index (χ2n) is 18.3. The first-order chi connectivity index (χ1) is 32.9. The Kier molecular flexibility index (Phi) is 14.9. The van der Waals surface area contributed by atoms with Crippen molar-refractivity contribution in [2.24, 2.45) is 22.9 Å². The van der Waals surface area contributed by atoms with Crippen LogP contribution in [0.15, 0.2) is 133 Å². The highest BCUT2D eigenvalue weighted by molar-refractivity contribution is 6.03. The number of nitrogens with zero attached hydrogens (tertiary/aromatic N) is 2. The number of aliphatic hydroxyl groups is 2. The molecule has 4 aliphatic rings. The molecule has 0 radical (unpaired) electrons. The fraction of sp³-hybridized carbons (Fsp3) is 0.429. The molecule has 11 heteroatoms. The number of aliphatic hydroxyl groups excluding tert-OH is 2. The lowest BCUT2D eigenvalue weighted by Gasteiger charge is -2.60. The summed E-state index contributed by atoms with van der Waals surface area (Å²) in [6.45, 7) is 7.24.